The molecule has 14 heavy (non-hydrogen) atoms. The predicted octanol–water partition coefficient (Wildman–Crippen LogP) is -2.27. The summed E-state index contributed by atoms with van der Waals surface area (Å²) >= 11 is 0. The summed E-state index contributed by atoms with van der Waals surface area (Å²) in [6, 6.07) is 0. The number of nitrogens with zero attached hydrogens (tertiary/aromatic N) is 2. The maximum atomic E-state index is 11.1. The van der Waals surface area contributed by atoms with E-state index >= 15 is 0 Å². The van der Waals surface area contributed by atoms with E-state index in [4.69, 9.17) is 14.4 Å². The molecule has 1 rings (SSSR count). The molecule has 0 aromatic carbocycles. The summed E-state index contributed by atoms with van der Waals surface area (Å²) in [6.07, 6.45) is 1.22. The van der Waals surface area contributed by atoms with Crippen LogP contribution < -0.4 is 0 Å². The van der Waals surface area contributed by atoms with Crippen LogP contribution >= 0.6 is 0 Å². The Bertz CT molecular complexity index is 232. The Hall–Kier alpha value is -0.733. The van der Waals surface area contributed by atoms with Crippen LogP contribution in [0.25, 0.3) is 0 Å². The highest BCUT2D eigenvalue weighted by Crippen LogP contribution is 2.06. The number of amides is 1. The first kappa shape index (κ1) is 11.3. The van der Waals surface area contributed by atoms with Crippen LogP contribution in [0.3, 0.4) is 0 Å². The molecule has 0 aliphatic carbocycles. The molecule has 80 valence electrons. The van der Waals surface area contributed by atoms with Crippen LogP contribution in [0.1, 0.15) is 0 Å². The number of carbonyl (C=O) groups is 1. The van der Waals surface area contributed by atoms with Crippen molar-refractivity contribution in [2.45, 2.75) is 0 Å². The zero-order valence-corrected chi connectivity index (χ0v) is 8.76. The van der Waals surface area contributed by atoms with Gasteiger partial charge in [0.25, 0.3) is 0 Å². The van der Waals surface area contributed by atoms with Crippen molar-refractivity contribution in [3.8, 4) is 0 Å². The molecule has 1 amide bonds. The van der Waals surface area contributed by atoms with Crippen LogP contribution in [0.4, 0.5) is 0 Å². The van der Waals surface area contributed by atoms with Crippen molar-refractivity contribution >= 4 is 14.9 Å². The highest BCUT2D eigenvalue weighted by atomic mass is 28.4. The fraction of sp³-hybridized carbons (Fsp3) is 0.571. The summed E-state index contributed by atoms with van der Waals surface area (Å²) in [5.74, 6) is -0.175. The van der Waals surface area contributed by atoms with Crippen molar-refractivity contribution in [2.75, 3.05) is 26.2 Å². The van der Waals surface area contributed by atoms with Gasteiger partial charge in [-0.15, -0.1) is 0 Å². The van der Waals surface area contributed by atoms with Gasteiger partial charge >= 0.3 is 8.97 Å². The lowest BCUT2D eigenvalue weighted by Crippen LogP contribution is -2.61. The van der Waals surface area contributed by atoms with Gasteiger partial charge in [-0.2, -0.15) is 0 Å². The van der Waals surface area contributed by atoms with E-state index in [1.807, 2.05) is 0 Å². The highest BCUT2D eigenvalue weighted by Gasteiger charge is 2.39. The third kappa shape index (κ3) is 2.63. The van der Waals surface area contributed by atoms with Gasteiger partial charge in [0.2, 0.25) is 5.91 Å². The second-order valence-electron chi connectivity index (χ2n) is 3.12. The van der Waals surface area contributed by atoms with E-state index in [1.54, 1.807) is 4.90 Å². The minimum Gasteiger partial charge on any atom is -0.377 e. The second-order valence-corrected chi connectivity index (χ2v) is 4.95. The molecular weight excluding hydrogens is 204 g/mol. The summed E-state index contributed by atoms with van der Waals surface area (Å²) in [5, 5.41) is 0. The molecule has 0 bridgehead atoms. The monoisotopic (exact) mass is 218 g/mol. The van der Waals surface area contributed by atoms with Gasteiger partial charge in [-0.25, -0.2) is 0 Å². The van der Waals surface area contributed by atoms with E-state index in [-0.39, 0.29) is 19.0 Å². The van der Waals surface area contributed by atoms with E-state index in [0.29, 0.717) is 13.1 Å². The van der Waals surface area contributed by atoms with Gasteiger partial charge in [-0.05, 0) is 6.08 Å². The molecule has 7 heteroatoms. The first-order valence-corrected chi connectivity index (χ1v) is 6.07. The largest absolute Gasteiger partial charge is 0.591 e. The molecule has 1 aliphatic heterocycles. The van der Waals surface area contributed by atoms with Crippen molar-refractivity contribution in [3.63, 3.8) is 0 Å². The second kappa shape index (κ2) is 4.19. The van der Waals surface area contributed by atoms with Crippen LogP contribution in [0.2, 0.25) is 0 Å². The van der Waals surface area contributed by atoms with Crippen LogP contribution in [0.5, 0.6) is 0 Å². The number of piperazine rings is 1. The molecule has 0 spiro atoms. The van der Waals surface area contributed by atoms with Crippen LogP contribution in [-0.2, 0) is 4.79 Å². The minimum atomic E-state index is -4.16. The van der Waals surface area contributed by atoms with E-state index < -0.39 is 8.97 Å². The van der Waals surface area contributed by atoms with Gasteiger partial charge in [0.05, 0.1) is 0 Å². The van der Waals surface area contributed by atoms with E-state index in [9.17, 15) is 4.79 Å². The fourth-order valence-corrected chi connectivity index (χ4v) is 2.16. The van der Waals surface area contributed by atoms with Crippen molar-refractivity contribution < 1.29 is 19.2 Å². The lowest BCUT2D eigenvalue weighted by Gasteiger charge is -2.36. The molecule has 1 fully saturated rings. The summed E-state index contributed by atoms with van der Waals surface area (Å²) in [6.45, 7) is 4.66. The molecule has 0 aromatic rings. The van der Waals surface area contributed by atoms with Gasteiger partial charge in [0, 0.05) is 26.2 Å². The van der Waals surface area contributed by atoms with Crippen molar-refractivity contribution in [2.24, 2.45) is 0 Å². The summed E-state index contributed by atoms with van der Waals surface area (Å²) in [4.78, 5) is 39.6. The SMILES string of the molecule is C=CC(=O)N1CCN([Si](O)(O)O)CC1. The Morgan fingerprint density at radius 2 is 1.71 bits per heavy atom. The molecule has 0 unspecified atom stereocenters. The minimum absolute atomic E-state index is 0.175. The average molecular weight is 218 g/mol. The quantitative estimate of drug-likeness (QED) is 0.359. The molecule has 1 saturated heterocycles. The molecule has 6 nitrogen and oxygen atoms in total. The Morgan fingerprint density at radius 3 is 2.07 bits per heavy atom. The van der Waals surface area contributed by atoms with E-state index in [0.717, 1.165) is 0 Å². The summed E-state index contributed by atoms with van der Waals surface area (Å²) in [7, 11) is -4.16. The van der Waals surface area contributed by atoms with Gasteiger partial charge in [0.15, 0.2) is 0 Å². The Kier molecular flexibility index (Phi) is 3.40. The Balaban J connectivity index is 2.46. The third-order valence-electron chi connectivity index (χ3n) is 2.19. The normalized spacial score (nSPS) is 19.5. The number of rotatable bonds is 2. The first-order chi connectivity index (χ1) is 6.45. The molecule has 1 aliphatic rings. The van der Waals surface area contributed by atoms with Crippen LogP contribution in [0, 0.1) is 0 Å². The molecule has 0 saturated carbocycles. The first-order valence-electron chi connectivity index (χ1n) is 4.28. The molecule has 0 radical (unpaired) electrons. The van der Waals surface area contributed by atoms with Crippen LogP contribution in [-0.4, -0.2) is 64.9 Å². The molecule has 3 N–H and O–H groups in total. The van der Waals surface area contributed by atoms with Gasteiger partial charge in [0.1, 0.15) is 0 Å². The molecular formula is C7H14N2O4Si. The van der Waals surface area contributed by atoms with E-state index in [2.05, 4.69) is 6.58 Å². The van der Waals surface area contributed by atoms with Gasteiger partial charge in [-0.1, -0.05) is 6.58 Å². The third-order valence-corrected chi connectivity index (χ3v) is 3.49. The Morgan fingerprint density at radius 1 is 1.21 bits per heavy atom. The van der Waals surface area contributed by atoms with Gasteiger partial charge in [-0.3, -0.25) is 9.36 Å². The maximum absolute atomic E-state index is 11.1. The average Bonchev–Trinajstić information content (AvgIpc) is 2.15. The fourth-order valence-electron chi connectivity index (χ4n) is 1.36. The molecule has 0 aromatic heterocycles. The lowest BCUT2D eigenvalue weighted by molar-refractivity contribution is -0.127. The topological polar surface area (TPSA) is 84.2 Å². The predicted molar refractivity (Wildman–Crippen MR) is 50.8 cm³/mol. The zero-order valence-electron chi connectivity index (χ0n) is 7.76. The van der Waals surface area contributed by atoms with Gasteiger partial charge < -0.3 is 19.3 Å². The summed E-state index contributed by atoms with van der Waals surface area (Å²) in [5.41, 5.74) is 0. The molecule has 0 atom stereocenters. The van der Waals surface area contributed by atoms with E-state index in [1.165, 1.54) is 10.6 Å². The lowest BCUT2D eigenvalue weighted by atomic mass is 10.3. The molecule has 1 heterocycles. The smallest absolute Gasteiger partial charge is 0.377 e. The highest BCUT2D eigenvalue weighted by molar-refractivity contribution is 6.52. The van der Waals surface area contributed by atoms with Crippen molar-refractivity contribution in [1.82, 2.24) is 9.47 Å². The maximum Gasteiger partial charge on any atom is 0.591 e. The summed E-state index contributed by atoms with van der Waals surface area (Å²) < 4.78 is 1.21. The standard InChI is InChI=1S/C7H14N2O4Si/c1-2-7(10)8-3-5-9(6-4-8)14(11,12)13/h2,11-13H,1,3-6H2. The number of carbonyl (C=O) groups excluding carboxylic acids is 1. The Labute approximate surface area is 83.1 Å². The number of hydrogen-bond donors (Lipinski definition) is 3. The number of hydrogen-bond acceptors (Lipinski definition) is 5. The zero-order chi connectivity index (χ0) is 10.8. The van der Waals surface area contributed by atoms with Crippen LogP contribution in [0.15, 0.2) is 12.7 Å². The van der Waals surface area contributed by atoms with Crippen molar-refractivity contribution in [1.29, 1.82) is 0 Å². The van der Waals surface area contributed by atoms with Crippen molar-refractivity contribution in [3.05, 3.63) is 12.7 Å².